The zero-order valence-electron chi connectivity index (χ0n) is 14.0. The van der Waals surface area contributed by atoms with E-state index in [0.29, 0.717) is 11.4 Å². The molecule has 0 spiro atoms. The van der Waals surface area contributed by atoms with Gasteiger partial charge in [0.2, 0.25) is 0 Å². The van der Waals surface area contributed by atoms with Crippen molar-refractivity contribution >= 4 is 5.97 Å². The molecule has 1 unspecified atom stereocenters. The molecule has 1 N–H and O–H groups in total. The van der Waals surface area contributed by atoms with Crippen molar-refractivity contribution < 1.29 is 24.4 Å². The SMILES string of the molecule is CC1=C(C(=O)OCCO[N+](=O)[O-])C(c2ccccn2)C([N+](=O)[O-])=C(C)N1. The Balaban J connectivity index is 2.35. The Morgan fingerprint density at radius 1 is 1.23 bits per heavy atom. The maximum atomic E-state index is 12.5. The molecule has 0 fully saturated rings. The molecule has 0 saturated heterocycles. The molecule has 138 valence electrons. The molecule has 2 rings (SSSR count). The number of hydrogen-bond acceptors (Lipinski definition) is 9. The van der Waals surface area contributed by atoms with Gasteiger partial charge in [-0.05, 0) is 26.0 Å². The van der Waals surface area contributed by atoms with E-state index in [-0.39, 0.29) is 23.6 Å². The van der Waals surface area contributed by atoms with E-state index in [2.05, 4.69) is 15.1 Å². The van der Waals surface area contributed by atoms with E-state index >= 15 is 0 Å². The van der Waals surface area contributed by atoms with E-state index < -0.39 is 28.5 Å². The number of hydrogen-bond donors (Lipinski definition) is 1. The number of esters is 1. The second-order valence-corrected chi connectivity index (χ2v) is 5.31. The fourth-order valence-electron chi connectivity index (χ4n) is 2.65. The molecule has 1 aromatic rings. The van der Waals surface area contributed by atoms with Gasteiger partial charge in [-0.15, -0.1) is 10.1 Å². The number of carbonyl (C=O) groups excluding carboxylic acids is 1. The number of pyridine rings is 1. The van der Waals surface area contributed by atoms with Crippen LogP contribution in [0.3, 0.4) is 0 Å². The molecule has 0 radical (unpaired) electrons. The molecule has 0 aromatic carbocycles. The molecule has 0 aliphatic carbocycles. The molecule has 1 aromatic heterocycles. The van der Waals surface area contributed by atoms with Crippen LogP contribution in [0.15, 0.2) is 47.1 Å². The Labute approximate surface area is 147 Å². The van der Waals surface area contributed by atoms with E-state index in [4.69, 9.17) is 4.74 Å². The average molecular weight is 364 g/mol. The second-order valence-electron chi connectivity index (χ2n) is 5.31. The third kappa shape index (κ3) is 4.12. The predicted octanol–water partition coefficient (Wildman–Crippen LogP) is 1.30. The van der Waals surface area contributed by atoms with Gasteiger partial charge in [0.25, 0.3) is 10.8 Å². The molecule has 1 atom stereocenters. The molecular weight excluding hydrogens is 348 g/mol. The van der Waals surface area contributed by atoms with Gasteiger partial charge in [0.15, 0.2) is 0 Å². The fraction of sp³-hybridized carbons (Fsp3) is 0.333. The number of carbonyl (C=O) groups is 1. The quantitative estimate of drug-likeness (QED) is 0.327. The lowest BCUT2D eigenvalue weighted by Gasteiger charge is -2.25. The predicted molar refractivity (Wildman–Crippen MR) is 86.4 cm³/mol. The molecule has 2 heterocycles. The molecule has 11 heteroatoms. The van der Waals surface area contributed by atoms with E-state index in [1.165, 1.54) is 13.1 Å². The van der Waals surface area contributed by atoms with Crippen LogP contribution in [0.4, 0.5) is 0 Å². The summed E-state index contributed by atoms with van der Waals surface area (Å²) in [5, 5.41) is 23.5. The van der Waals surface area contributed by atoms with E-state index in [9.17, 15) is 25.0 Å². The van der Waals surface area contributed by atoms with Crippen molar-refractivity contribution in [2.75, 3.05) is 13.2 Å². The average Bonchev–Trinajstić information content (AvgIpc) is 2.58. The van der Waals surface area contributed by atoms with Crippen LogP contribution in [0.1, 0.15) is 25.5 Å². The highest BCUT2D eigenvalue weighted by Crippen LogP contribution is 2.37. The summed E-state index contributed by atoms with van der Waals surface area (Å²) in [6.07, 6.45) is 1.47. The normalized spacial score (nSPS) is 16.8. The first-order valence-electron chi connectivity index (χ1n) is 7.51. The van der Waals surface area contributed by atoms with Crippen LogP contribution in [0.2, 0.25) is 0 Å². The number of allylic oxidation sites excluding steroid dienone is 3. The van der Waals surface area contributed by atoms with Gasteiger partial charge >= 0.3 is 5.97 Å². The first-order chi connectivity index (χ1) is 12.3. The summed E-state index contributed by atoms with van der Waals surface area (Å²) < 4.78 is 4.98. The summed E-state index contributed by atoms with van der Waals surface area (Å²) in [6.45, 7) is 2.30. The molecule has 0 amide bonds. The van der Waals surface area contributed by atoms with Crippen LogP contribution in [0, 0.1) is 20.2 Å². The van der Waals surface area contributed by atoms with Gasteiger partial charge in [-0.2, -0.15) is 0 Å². The molecule has 11 nitrogen and oxygen atoms in total. The first-order valence-corrected chi connectivity index (χ1v) is 7.51. The number of nitrogens with one attached hydrogen (secondary N) is 1. The summed E-state index contributed by atoms with van der Waals surface area (Å²) >= 11 is 0. The second kappa shape index (κ2) is 8.05. The Morgan fingerprint density at radius 2 is 1.96 bits per heavy atom. The van der Waals surface area contributed by atoms with Crippen molar-refractivity contribution in [1.82, 2.24) is 10.3 Å². The minimum atomic E-state index is -1.03. The number of ether oxygens (including phenoxy) is 1. The van der Waals surface area contributed by atoms with Crippen molar-refractivity contribution in [3.63, 3.8) is 0 Å². The first kappa shape index (κ1) is 18.8. The van der Waals surface area contributed by atoms with Crippen molar-refractivity contribution in [2.24, 2.45) is 0 Å². The molecule has 1 aliphatic rings. The van der Waals surface area contributed by atoms with Gasteiger partial charge in [0.1, 0.15) is 19.1 Å². The van der Waals surface area contributed by atoms with Crippen molar-refractivity contribution in [1.29, 1.82) is 0 Å². The monoisotopic (exact) mass is 364 g/mol. The molecule has 0 saturated carbocycles. The number of rotatable bonds is 7. The lowest BCUT2D eigenvalue weighted by molar-refractivity contribution is -0.757. The zero-order valence-corrected chi connectivity index (χ0v) is 14.0. The van der Waals surface area contributed by atoms with Crippen molar-refractivity contribution in [3.8, 4) is 0 Å². The lowest BCUT2D eigenvalue weighted by Crippen LogP contribution is -2.32. The smallest absolute Gasteiger partial charge is 0.337 e. The summed E-state index contributed by atoms with van der Waals surface area (Å²) in [5.41, 5.74) is 0.776. The lowest BCUT2D eigenvalue weighted by atomic mass is 9.87. The molecular formula is C15H16N4O7. The van der Waals surface area contributed by atoms with Crippen LogP contribution in [0.25, 0.3) is 0 Å². The van der Waals surface area contributed by atoms with Crippen molar-refractivity contribution in [3.05, 3.63) is 73.0 Å². The van der Waals surface area contributed by atoms with Gasteiger partial charge in [0, 0.05) is 11.9 Å². The zero-order chi connectivity index (χ0) is 19.3. The van der Waals surface area contributed by atoms with Gasteiger partial charge < -0.3 is 14.9 Å². The van der Waals surface area contributed by atoms with E-state index in [0.717, 1.165) is 0 Å². The fourth-order valence-corrected chi connectivity index (χ4v) is 2.65. The third-order valence-corrected chi connectivity index (χ3v) is 3.64. The number of aromatic nitrogens is 1. The van der Waals surface area contributed by atoms with Crippen molar-refractivity contribution in [2.45, 2.75) is 19.8 Å². The van der Waals surface area contributed by atoms with Gasteiger partial charge in [0.05, 0.1) is 21.9 Å². The van der Waals surface area contributed by atoms with Gasteiger partial charge in [-0.1, -0.05) is 6.07 Å². The maximum absolute atomic E-state index is 12.5. The standard InChI is InChI=1S/C15H16N4O7/c1-9-12(15(20)25-7-8-26-19(23)24)13(11-5-3-4-6-16-11)14(18(21)22)10(2)17-9/h3-6,13,17H,7-8H2,1-2H3. The van der Waals surface area contributed by atoms with Crippen LogP contribution < -0.4 is 5.32 Å². The van der Waals surface area contributed by atoms with Crippen LogP contribution in [-0.2, 0) is 14.4 Å². The van der Waals surface area contributed by atoms with E-state index in [1.807, 2.05) is 0 Å². The van der Waals surface area contributed by atoms with Crippen LogP contribution in [-0.4, -0.2) is 34.2 Å². The minimum Gasteiger partial charge on any atom is -0.460 e. The summed E-state index contributed by atoms with van der Waals surface area (Å²) in [7, 11) is 0. The topological polar surface area (TPSA) is 147 Å². The molecule has 26 heavy (non-hydrogen) atoms. The minimum absolute atomic E-state index is 0.0158. The number of dihydropyridines is 1. The summed E-state index contributed by atoms with van der Waals surface area (Å²) in [5.74, 6) is -1.87. The van der Waals surface area contributed by atoms with Gasteiger partial charge in [-0.3, -0.25) is 15.1 Å². The number of nitrogens with zero attached hydrogens (tertiary/aromatic N) is 3. The van der Waals surface area contributed by atoms with Crippen LogP contribution >= 0.6 is 0 Å². The van der Waals surface area contributed by atoms with Crippen LogP contribution in [0.5, 0.6) is 0 Å². The highest BCUT2D eigenvalue weighted by Gasteiger charge is 2.41. The Kier molecular flexibility index (Phi) is 5.83. The Bertz CT molecular complexity index is 788. The molecule has 0 bridgehead atoms. The summed E-state index contributed by atoms with van der Waals surface area (Å²) in [4.78, 5) is 41.8. The number of nitro groups is 1. The van der Waals surface area contributed by atoms with E-state index in [1.54, 1.807) is 25.1 Å². The van der Waals surface area contributed by atoms with Gasteiger partial charge in [-0.25, -0.2) is 4.79 Å². The molecule has 1 aliphatic heterocycles. The highest BCUT2D eigenvalue weighted by molar-refractivity contribution is 5.92. The highest BCUT2D eigenvalue weighted by atomic mass is 17.0. The largest absolute Gasteiger partial charge is 0.460 e. The summed E-state index contributed by atoms with van der Waals surface area (Å²) in [6, 6.07) is 4.88. The third-order valence-electron chi connectivity index (χ3n) is 3.64. The Morgan fingerprint density at radius 3 is 2.54 bits per heavy atom. The maximum Gasteiger partial charge on any atom is 0.337 e. The Hall–Kier alpha value is -3.50.